The molecule has 0 spiro atoms. The lowest BCUT2D eigenvalue weighted by atomic mass is 10.2. The predicted molar refractivity (Wildman–Crippen MR) is 83.8 cm³/mol. The summed E-state index contributed by atoms with van der Waals surface area (Å²) < 4.78 is 5.27. The van der Waals surface area contributed by atoms with Crippen molar-refractivity contribution in [3.8, 4) is 0 Å². The molecule has 0 unspecified atom stereocenters. The average molecular weight is 291 g/mol. The van der Waals surface area contributed by atoms with E-state index in [0.29, 0.717) is 32.0 Å². The Morgan fingerprint density at radius 1 is 1.24 bits per heavy atom. The third kappa shape index (κ3) is 4.17. The summed E-state index contributed by atoms with van der Waals surface area (Å²) >= 11 is 0. The molecule has 1 saturated heterocycles. The van der Waals surface area contributed by atoms with Gasteiger partial charge in [-0.1, -0.05) is 13.8 Å². The fraction of sp³-hybridized carbons (Fsp3) is 0.625. The number of rotatable bonds is 6. The molecule has 0 N–H and O–H groups in total. The van der Waals surface area contributed by atoms with Crippen LogP contribution in [0.5, 0.6) is 0 Å². The molecular formula is C16H25N3O2. The Bertz CT molecular complexity index is 435. The van der Waals surface area contributed by atoms with E-state index >= 15 is 0 Å². The highest BCUT2D eigenvalue weighted by molar-refractivity contribution is 5.92. The molecule has 1 aliphatic heterocycles. The van der Waals surface area contributed by atoms with Crippen molar-refractivity contribution in [2.24, 2.45) is 0 Å². The molecular weight excluding hydrogens is 266 g/mol. The first kappa shape index (κ1) is 15.8. The molecule has 0 saturated carbocycles. The molecule has 1 aliphatic rings. The second kappa shape index (κ2) is 7.98. The summed E-state index contributed by atoms with van der Waals surface area (Å²) in [6, 6.07) is 3.84. The standard InChI is InChI=1S/C16H25N3O2/c1-3-7-18(8-4-2)14-5-6-15(17-13-14)16(20)19-9-11-21-12-10-19/h5-6,13H,3-4,7-12H2,1-2H3. The molecule has 116 valence electrons. The molecule has 1 fully saturated rings. The van der Waals surface area contributed by atoms with Crippen molar-refractivity contribution in [1.82, 2.24) is 9.88 Å². The second-order valence-corrected chi connectivity index (χ2v) is 5.29. The van der Waals surface area contributed by atoms with Crippen LogP contribution >= 0.6 is 0 Å². The molecule has 0 bridgehead atoms. The Labute approximate surface area is 126 Å². The monoisotopic (exact) mass is 291 g/mol. The SMILES string of the molecule is CCCN(CCC)c1ccc(C(=O)N2CCOCC2)nc1. The van der Waals surface area contributed by atoms with Gasteiger partial charge >= 0.3 is 0 Å². The normalized spacial score (nSPS) is 15.0. The molecule has 2 heterocycles. The number of amides is 1. The minimum atomic E-state index is 0.00221. The first-order chi connectivity index (χ1) is 10.3. The van der Waals surface area contributed by atoms with Gasteiger partial charge in [0.05, 0.1) is 25.1 Å². The molecule has 5 nitrogen and oxygen atoms in total. The Hall–Kier alpha value is -1.62. The van der Waals surface area contributed by atoms with E-state index in [1.54, 1.807) is 4.90 Å². The van der Waals surface area contributed by atoms with E-state index in [2.05, 4.69) is 23.7 Å². The topological polar surface area (TPSA) is 45.7 Å². The van der Waals surface area contributed by atoms with Crippen molar-refractivity contribution in [2.75, 3.05) is 44.3 Å². The van der Waals surface area contributed by atoms with E-state index in [1.807, 2.05) is 18.3 Å². The van der Waals surface area contributed by atoms with E-state index in [4.69, 9.17) is 4.74 Å². The van der Waals surface area contributed by atoms with Gasteiger partial charge in [-0.25, -0.2) is 4.98 Å². The zero-order valence-corrected chi connectivity index (χ0v) is 13.0. The Morgan fingerprint density at radius 2 is 1.90 bits per heavy atom. The zero-order chi connectivity index (χ0) is 15.1. The summed E-state index contributed by atoms with van der Waals surface area (Å²) in [7, 11) is 0. The van der Waals surface area contributed by atoms with Gasteiger partial charge in [0, 0.05) is 26.2 Å². The lowest BCUT2D eigenvalue weighted by Crippen LogP contribution is -2.41. The van der Waals surface area contributed by atoms with Gasteiger partial charge in [-0.05, 0) is 25.0 Å². The maximum Gasteiger partial charge on any atom is 0.272 e. The third-order valence-electron chi connectivity index (χ3n) is 3.62. The third-order valence-corrected chi connectivity index (χ3v) is 3.62. The fourth-order valence-corrected chi connectivity index (χ4v) is 2.54. The number of ether oxygens (including phenoxy) is 1. The van der Waals surface area contributed by atoms with Gasteiger partial charge in [-0.2, -0.15) is 0 Å². The molecule has 1 amide bonds. The lowest BCUT2D eigenvalue weighted by Gasteiger charge is -2.27. The Morgan fingerprint density at radius 3 is 2.43 bits per heavy atom. The van der Waals surface area contributed by atoms with Crippen molar-refractivity contribution in [3.05, 3.63) is 24.0 Å². The van der Waals surface area contributed by atoms with Crippen molar-refractivity contribution in [2.45, 2.75) is 26.7 Å². The van der Waals surface area contributed by atoms with Gasteiger partial charge in [0.15, 0.2) is 0 Å². The maximum atomic E-state index is 12.3. The number of nitrogens with zero attached hydrogens (tertiary/aromatic N) is 3. The van der Waals surface area contributed by atoms with Crippen molar-refractivity contribution < 1.29 is 9.53 Å². The van der Waals surface area contributed by atoms with Crippen LogP contribution in [0.4, 0.5) is 5.69 Å². The number of hydrogen-bond acceptors (Lipinski definition) is 4. The fourth-order valence-electron chi connectivity index (χ4n) is 2.54. The number of aromatic nitrogens is 1. The summed E-state index contributed by atoms with van der Waals surface area (Å²) in [6.45, 7) is 8.92. The highest BCUT2D eigenvalue weighted by Crippen LogP contribution is 2.15. The van der Waals surface area contributed by atoms with Crippen LogP contribution in [0.1, 0.15) is 37.2 Å². The van der Waals surface area contributed by atoms with Gasteiger partial charge in [0.2, 0.25) is 0 Å². The van der Waals surface area contributed by atoms with E-state index in [0.717, 1.165) is 31.6 Å². The number of carbonyl (C=O) groups excluding carboxylic acids is 1. The molecule has 2 rings (SSSR count). The summed E-state index contributed by atoms with van der Waals surface area (Å²) in [4.78, 5) is 20.8. The smallest absolute Gasteiger partial charge is 0.272 e. The largest absolute Gasteiger partial charge is 0.378 e. The summed E-state index contributed by atoms with van der Waals surface area (Å²) in [5, 5.41) is 0. The summed E-state index contributed by atoms with van der Waals surface area (Å²) in [6.07, 6.45) is 4.03. The summed E-state index contributed by atoms with van der Waals surface area (Å²) in [5.74, 6) is 0.00221. The minimum absolute atomic E-state index is 0.00221. The van der Waals surface area contributed by atoms with Gasteiger partial charge in [0.1, 0.15) is 5.69 Å². The lowest BCUT2D eigenvalue weighted by molar-refractivity contribution is 0.0299. The molecule has 0 atom stereocenters. The number of carbonyl (C=O) groups is 1. The molecule has 5 heteroatoms. The highest BCUT2D eigenvalue weighted by Gasteiger charge is 2.19. The minimum Gasteiger partial charge on any atom is -0.378 e. The average Bonchev–Trinajstić information content (AvgIpc) is 2.55. The van der Waals surface area contributed by atoms with Crippen molar-refractivity contribution in [3.63, 3.8) is 0 Å². The first-order valence-corrected chi connectivity index (χ1v) is 7.84. The maximum absolute atomic E-state index is 12.3. The van der Waals surface area contributed by atoms with Crippen LogP contribution in [-0.4, -0.2) is 55.2 Å². The van der Waals surface area contributed by atoms with Gasteiger partial charge in [-0.15, -0.1) is 0 Å². The number of pyridine rings is 1. The second-order valence-electron chi connectivity index (χ2n) is 5.29. The highest BCUT2D eigenvalue weighted by atomic mass is 16.5. The Balaban J connectivity index is 2.04. The van der Waals surface area contributed by atoms with Crippen LogP contribution < -0.4 is 4.90 Å². The van der Waals surface area contributed by atoms with Crippen LogP contribution in [0.25, 0.3) is 0 Å². The molecule has 1 aromatic rings. The van der Waals surface area contributed by atoms with Gasteiger partial charge < -0.3 is 14.5 Å². The molecule has 0 aliphatic carbocycles. The van der Waals surface area contributed by atoms with Crippen LogP contribution in [0.15, 0.2) is 18.3 Å². The Kier molecular flexibility index (Phi) is 5.99. The quantitative estimate of drug-likeness (QED) is 0.806. The number of hydrogen-bond donors (Lipinski definition) is 0. The number of anilines is 1. The predicted octanol–water partition coefficient (Wildman–Crippen LogP) is 2.18. The first-order valence-electron chi connectivity index (χ1n) is 7.84. The molecule has 21 heavy (non-hydrogen) atoms. The van der Waals surface area contributed by atoms with E-state index < -0.39 is 0 Å². The van der Waals surface area contributed by atoms with E-state index in [1.165, 1.54) is 0 Å². The van der Waals surface area contributed by atoms with E-state index in [9.17, 15) is 4.79 Å². The van der Waals surface area contributed by atoms with Crippen molar-refractivity contribution in [1.29, 1.82) is 0 Å². The van der Waals surface area contributed by atoms with Gasteiger partial charge in [-0.3, -0.25) is 4.79 Å². The van der Waals surface area contributed by atoms with Crippen LogP contribution in [0.3, 0.4) is 0 Å². The molecule has 1 aromatic heterocycles. The zero-order valence-electron chi connectivity index (χ0n) is 13.0. The summed E-state index contributed by atoms with van der Waals surface area (Å²) in [5.41, 5.74) is 1.62. The molecule has 0 radical (unpaired) electrons. The number of morpholine rings is 1. The van der Waals surface area contributed by atoms with Crippen LogP contribution in [0, 0.1) is 0 Å². The van der Waals surface area contributed by atoms with Crippen molar-refractivity contribution >= 4 is 11.6 Å². The van der Waals surface area contributed by atoms with Crippen LogP contribution in [0.2, 0.25) is 0 Å². The van der Waals surface area contributed by atoms with Crippen LogP contribution in [-0.2, 0) is 4.74 Å². The van der Waals surface area contributed by atoms with E-state index in [-0.39, 0.29) is 5.91 Å². The van der Waals surface area contributed by atoms with Gasteiger partial charge in [0.25, 0.3) is 5.91 Å². The molecule has 0 aromatic carbocycles.